The third-order valence-electron chi connectivity index (χ3n) is 3.67. The molecule has 1 aliphatic rings. The second-order valence-electron chi connectivity index (χ2n) is 6.00. The van der Waals surface area contributed by atoms with Gasteiger partial charge in [-0.25, -0.2) is 13.1 Å². The number of nitrogens with one attached hydrogen (secondary N) is 2. The minimum atomic E-state index is -3.57. The van der Waals surface area contributed by atoms with Crippen LogP contribution in [0.1, 0.15) is 24.2 Å². The van der Waals surface area contributed by atoms with E-state index in [1.807, 2.05) is 13.8 Å². The average molecular weight is 355 g/mol. The van der Waals surface area contributed by atoms with Gasteiger partial charge >= 0.3 is 0 Å². The van der Waals surface area contributed by atoms with E-state index in [0.29, 0.717) is 31.9 Å². The van der Waals surface area contributed by atoms with Crippen molar-refractivity contribution in [1.29, 1.82) is 0 Å². The molecule has 1 heterocycles. The van der Waals surface area contributed by atoms with Gasteiger partial charge in [-0.05, 0) is 38.1 Å². The highest BCUT2D eigenvalue weighted by atomic mass is 32.2. The largest absolute Gasteiger partial charge is 0.379 e. The summed E-state index contributed by atoms with van der Waals surface area (Å²) in [6.45, 7) is 7.75. The van der Waals surface area contributed by atoms with Crippen molar-refractivity contribution in [3.05, 3.63) is 29.8 Å². The number of carbonyl (C=O) groups is 1. The molecule has 1 aliphatic heterocycles. The zero-order valence-corrected chi connectivity index (χ0v) is 14.9. The number of hydrogen-bond acceptors (Lipinski definition) is 5. The van der Waals surface area contributed by atoms with E-state index in [-0.39, 0.29) is 16.8 Å². The Hall–Kier alpha value is -1.48. The number of nitrogens with zero attached hydrogens (tertiary/aromatic N) is 1. The molecule has 0 saturated carbocycles. The van der Waals surface area contributed by atoms with Gasteiger partial charge in [-0.1, -0.05) is 0 Å². The Morgan fingerprint density at radius 2 is 1.83 bits per heavy atom. The second-order valence-corrected chi connectivity index (χ2v) is 7.77. The first-order valence-corrected chi connectivity index (χ1v) is 9.57. The monoisotopic (exact) mass is 355 g/mol. The highest BCUT2D eigenvalue weighted by Gasteiger charge is 2.16. The van der Waals surface area contributed by atoms with Gasteiger partial charge in [0.15, 0.2) is 0 Å². The molecule has 0 unspecified atom stereocenters. The minimum absolute atomic E-state index is 0.0303. The highest BCUT2D eigenvalue weighted by Crippen LogP contribution is 2.10. The van der Waals surface area contributed by atoms with E-state index in [9.17, 15) is 13.2 Å². The summed E-state index contributed by atoms with van der Waals surface area (Å²) < 4.78 is 32.4. The Kier molecular flexibility index (Phi) is 6.73. The normalized spacial score (nSPS) is 16.3. The molecule has 0 atom stereocenters. The van der Waals surface area contributed by atoms with E-state index >= 15 is 0 Å². The van der Waals surface area contributed by atoms with Crippen molar-refractivity contribution in [3.63, 3.8) is 0 Å². The first-order chi connectivity index (χ1) is 11.4. The molecular formula is C16H25N3O4S. The maximum absolute atomic E-state index is 12.3. The number of benzene rings is 1. The van der Waals surface area contributed by atoms with Crippen LogP contribution in [0.15, 0.2) is 29.2 Å². The van der Waals surface area contributed by atoms with Crippen LogP contribution in [0.4, 0.5) is 0 Å². The fourth-order valence-electron chi connectivity index (χ4n) is 2.38. The van der Waals surface area contributed by atoms with Crippen LogP contribution in [0.25, 0.3) is 0 Å². The molecule has 0 radical (unpaired) electrons. The lowest BCUT2D eigenvalue weighted by Gasteiger charge is -2.26. The molecule has 0 spiro atoms. The maximum Gasteiger partial charge on any atom is 0.251 e. The number of amides is 1. The predicted octanol–water partition coefficient (Wildman–Crippen LogP) is 0.435. The summed E-state index contributed by atoms with van der Waals surface area (Å²) in [5.74, 6) is -0.214. The summed E-state index contributed by atoms with van der Waals surface area (Å²) in [5.41, 5.74) is 0.441. The minimum Gasteiger partial charge on any atom is -0.379 e. The fraction of sp³-hybridized carbons (Fsp3) is 0.562. The van der Waals surface area contributed by atoms with Gasteiger partial charge in [-0.2, -0.15) is 0 Å². The van der Waals surface area contributed by atoms with Gasteiger partial charge in [0.05, 0.1) is 18.1 Å². The molecule has 1 aromatic rings. The van der Waals surface area contributed by atoms with Crippen LogP contribution < -0.4 is 10.0 Å². The molecule has 1 amide bonds. The molecule has 7 nitrogen and oxygen atoms in total. The summed E-state index contributed by atoms with van der Waals surface area (Å²) >= 11 is 0. The van der Waals surface area contributed by atoms with Gasteiger partial charge in [0, 0.05) is 37.8 Å². The van der Waals surface area contributed by atoms with Crippen molar-refractivity contribution in [1.82, 2.24) is 14.9 Å². The molecule has 2 N–H and O–H groups in total. The number of hydrogen-bond donors (Lipinski definition) is 2. The van der Waals surface area contributed by atoms with Gasteiger partial charge in [0.25, 0.3) is 5.91 Å². The highest BCUT2D eigenvalue weighted by molar-refractivity contribution is 7.89. The number of morpholine rings is 1. The summed E-state index contributed by atoms with van der Waals surface area (Å²) in [7, 11) is -3.57. The summed E-state index contributed by atoms with van der Waals surface area (Å²) in [4.78, 5) is 14.2. The SMILES string of the molecule is CC(C)NC(=O)c1ccc(S(=O)(=O)NCCN2CCOCC2)cc1. The predicted molar refractivity (Wildman–Crippen MR) is 91.5 cm³/mol. The van der Waals surface area contributed by atoms with Crippen molar-refractivity contribution in [2.45, 2.75) is 24.8 Å². The fourth-order valence-corrected chi connectivity index (χ4v) is 3.40. The molecule has 24 heavy (non-hydrogen) atoms. The lowest BCUT2D eigenvalue weighted by Crippen LogP contribution is -2.41. The van der Waals surface area contributed by atoms with Crippen molar-refractivity contribution >= 4 is 15.9 Å². The number of rotatable bonds is 7. The number of ether oxygens (including phenoxy) is 1. The Morgan fingerprint density at radius 3 is 2.42 bits per heavy atom. The van der Waals surface area contributed by atoms with E-state index in [1.165, 1.54) is 24.3 Å². The Balaban J connectivity index is 1.90. The van der Waals surface area contributed by atoms with E-state index in [2.05, 4.69) is 14.9 Å². The van der Waals surface area contributed by atoms with Crippen LogP contribution in [0.5, 0.6) is 0 Å². The zero-order chi connectivity index (χ0) is 17.6. The number of carbonyl (C=O) groups excluding carboxylic acids is 1. The number of sulfonamides is 1. The molecule has 0 bridgehead atoms. The van der Waals surface area contributed by atoms with Gasteiger partial charge < -0.3 is 10.1 Å². The van der Waals surface area contributed by atoms with Crippen LogP contribution in [0.3, 0.4) is 0 Å². The molecule has 2 rings (SSSR count). The van der Waals surface area contributed by atoms with Gasteiger partial charge in [-0.15, -0.1) is 0 Å². The zero-order valence-electron chi connectivity index (χ0n) is 14.1. The maximum atomic E-state index is 12.3. The van der Waals surface area contributed by atoms with Crippen molar-refractivity contribution in [2.24, 2.45) is 0 Å². The first kappa shape index (κ1) is 18.9. The quantitative estimate of drug-likeness (QED) is 0.741. The van der Waals surface area contributed by atoms with Crippen LogP contribution in [-0.2, 0) is 14.8 Å². The van der Waals surface area contributed by atoms with Crippen LogP contribution in [-0.4, -0.2) is 64.7 Å². The molecular weight excluding hydrogens is 330 g/mol. The third-order valence-corrected chi connectivity index (χ3v) is 5.15. The standard InChI is InChI=1S/C16H25N3O4S/c1-13(2)18-16(20)14-3-5-15(6-4-14)24(21,22)17-7-8-19-9-11-23-12-10-19/h3-6,13,17H,7-12H2,1-2H3,(H,18,20). The lowest BCUT2D eigenvalue weighted by atomic mass is 10.2. The molecule has 0 aliphatic carbocycles. The molecule has 134 valence electrons. The van der Waals surface area contributed by atoms with E-state index in [1.54, 1.807) is 0 Å². The van der Waals surface area contributed by atoms with Crippen LogP contribution >= 0.6 is 0 Å². The van der Waals surface area contributed by atoms with E-state index < -0.39 is 10.0 Å². The average Bonchev–Trinajstić information content (AvgIpc) is 2.55. The van der Waals surface area contributed by atoms with E-state index in [4.69, 9.17) is 4.74 Å². The third kappa shape index (κ3) is 5.55. The lowest BCUT2D eigenvalue weighted by molar-refractivity contribution is 0.0390. The summed E-state index contributed by atoms with van der Waals surface area (Å²) in [5, 5.41) is 2.77. The Bertz CT molecular complexity index is 638. The van der Waals surface area contributed by atoms with Crippen molar-refractivity contribution < 1.29 is 17.9 Å². The molecule has 1 saturated heterocycles. The summed E-state index contributed by atoms with van der Waals surface area (Å²) in [6, 6.07) is 5.98. The van der Waals surface area contributed by atoms with Crippen molar-refractivity contribution in [2.75, 3.05) is 39.4 Å². The molecule has 1 fully saturated rings. The molecule has 0 aromatic heterocycles. The van der Waals surface area contributed by atoms with Crippen LogP contribution in [0.2, 0.25) is 0 Å². The van der Waals surface area contributed by atoms with Gasteiger partial charge in [-0.3, -0.25) is 9.69 Å². The second kappa shape index (κ2) is 8.57. The van der Waals surface area contributed by atoms with Gasteiger partial charge in [0.1, 0.15) is 0 Å². The Labute approximate surface area is 143 Å². The van der Waals surface area contributed by atoms with Crippen molar-refractivity contribution in [3.8, 4) is 0 Å². The topological polar surface area (TPSA) is 87.7 Å². The summed E-state index contributed by atoms with van der Waals surface area (Å²) in [6.07, 6.45) is 0. The Morgan fingerprint density at radius 1 is 1.21 bits per heavy atom. The van der Waals surface area contributed by atoms with E-state index in [0.717, 1.165) is 13.1 Å². The van der Waals surface area contributed by atoms with Gasteiger partial charge in [0.2, 0.25) is 10.0 Å². The van der Waals surface area contributed by atoms with Crippen LogP contribution in [0, 0.1) is 0 Å². The first-order valence-electron chi connectivity index (χ1n) is 8.09. The molecule has 1 aromatic carbocycles. The smallest absolute Gasteiger partial charge is 0.251 e. The molecule has 8 heteroatoms.